The standard InChI is InChI=1S/C13H16ClN3O/c1-15-13-16-8-10(17-13)5-3-9-4-6-12(18-2)11(14)7-9/h4,6-8H,3,5H2,1-2H3,(H2,15,16,17). The van der Waals surface area contributed by atoms with Crippen LogP contribution in [0.25, 0.3) is 0 Å². The van der Waals surface area contributed by atoms with Crippen LogP contribution < -0.4 is 10.1 Å². The molecule has 0 unspecified atom stereocenters. The van der Waals surface area contributed by atoms with Crippen LogP contribution in [0.3, 0.4) is 0 Å². The van der Waals surface area contributed by atoms with Gasteiger partial charge >= 0.3 is 0 Å². The SMILES string of the molecule is CNc1ncc(CCc2ccc(OC)c(Cl)c2)[nH]1. The Morgan fingerprint density at radius 2 is 2.22 bits per heavy atom. The Kier molecular flexibility index (Phi) is 4.10. The summed E-state index contributed by atoms with van der Waals surface area (Å²) in [5.41, 5.74) is 2.28. The average Bonchev–Trinajstić information content (AvgIpc) is 2.84. The van der Waals surface area contributed by atoms with E-state index >= 15 is 0 Å². The molecule has 1 aromatic heterocycles. The van der Waals surface area contributed by atoms with Crippen LogP contribution >= 0.6 is 11.6 Å². The number of imidazole rings is 1. The Morgan fingerprint density at radius 1 is 1.39 bits per heavy atom. The third-order valence-corrected chi connectivity index (χ3v) is 3.06. The maximum absolute atomic E-state index is 6.08. The van der Waals surface area contributed by atoms with Crippen molar-refractivity contribution in [2.75, 3.05) is 19.5 Å². The highest BCUT2D eigenvalue weighted by Crippen LogP contribution is 2.25. The van der Waals surface area contributed by atoms with Gasteiger partial charge in [0.05, 0.1) is 18.3 Å². The molecular weight excluding hydrogens is 250 g/mol. The minimum absolute atomic E-state index is 0.649. The number of nitrogens with zero attached hydrogens (tertiary/aromatic N) is 1. The van der Waals surface area contributed by atoms with E-state index in [4.69, 9.17) is 16.3 Å². The van der Waals surface area contributed by atoms with E-state index in [0.717, 1.165) is 24.5 Å². The van der Waals surface area contributed by atoms with Crippen molar-refractivity contribution >= 4 is 17.5 Å². The molecule has 1 heterocycles. The number of benzene rings is 1. The summed E-state index contributed by atoms with van der Waals surface area (Å²) in [6.07, 6.45) is 3.66. The van der Waals surface area contributed by atoms with Crippen LogP contribution in [0.2, 0.25) is 5.02 Å². The van der Waals surface area contributed by atoms with Gasteiger partial charge in [0.15, 0.2) is 5.95 Å². The number of halogens is 1. The van der Waals surface area contributed by atoms with Crippen molar-refractivity contribution in [1.29, 1.82) is 0 Å². The molecule has 0 fully saturated rings. The average molecular weight is 266 g/mol. The molecule has 0 aliphatic heterocycles. The fraction of sp³-hybridized carbons (Fsp3) is 0.308. The molecule has 0 bridgehead atoms. The van der Waals surface area contributed by atoms with Crippen LogP contribution in [0.15, 0.2) is 24.4 Å². The van der Waals surface area contributed by atoms with Crippen LogP contribution in [0.5, 0.6) is 5.75 Å². The maximum atomic E-state index is 6.08. The van der Waals surface area contributed by atoms with Gasteiger partial charge < -0.3 is 15.0 Å². The van der Waals surface area contributed by atoms with E-state index in [9.17, 15) is 0 Å². The predicted octanol–water partition coefficient (Wildman–Crippen LogP) is 2.90. The third-order valence-electron chi connectivity index (χ3n) is 2.76. The van der Waals surface area contributed by atoms with Crippen molar-refractivity contribution < 1.29 is 4.74 Å². The number of aromatic nitrogens is 2. The summed E-state index contributed by atoms with van der Waals surface area (Å²) in [5.74, 6) is 1.50. The minimum Gasteiger partial charge on any atom is -0.495 e. The van der Waals surface area contributed by atoms with E-state index < -0.39 is 0 Å². The zero-order valence-corrected chi connectivity index (χ0v) is 11.2. The van der Waals surface area contributed by atoms with Gasteiger partial charge in [0.1, 0.15) is 5.75 Å². The van der Waals surface area contributed by atoms with Crippen molar-refractivity contribution in [3.63, 3.8) is 0 Å². The largest absolute Gasteiger partial charge is 0.495 e. The molecule has 1 aromatic carbocycles. The summed E-state index contributed by atoms with van der Waals surface area (Å²) >= 11 is 6.08. The summed E-state index contributed by atoms with van der Waals surface area (Å²) in [7, 11) is 3.45. The summed E-state index contributed by atoms with van der Waals surface area (Å²) in [6.45, 7) is 0. The third kappa shape index (κ3) is 2.96. The lowest BCUT2D eigenvalue weighted by Crippen LogP contribution is -1.94. The van der Waals surface area contributed by atoms with E-state index in [1.54, 1.807) is 7.11 Å². The number of hydrogen-bond acceptors (Lipinski definition) is 3. The topological polar surface area (TPSA) is 49.9 Å². The molecular formula is C13H16ClN3O. The van der Waals surface area contributed by atoms with Gasteiger partial charge in [-0.25, -0.2) is 4.98 Å². The second-order valence-electron chi connectivity index (χ2n) is 3.98. The van der Waals surface area contributed by atoms with Gasteiger partial charge in [-0.2, -0.15) is 0 Å². The monoisotopic (exact) mass is 265 g/mol. The number of anilines is 1. The van der Waals surface area contributed by atoms with E-state index in [2.05, 4.69) is 15.3 Å². The zero-order valence-electron chi connectivity index (χ0n) is 10.5. The highest BCUT2D eigenvalue weighted by Gasteiger charge is 2.03. The Morgan fingerprint density at radius 3 is 2.83 bits per heavy atom. The Balaban J connectivity index is 1.99. The molecule has 0 spiro atoms. The van der Waals surface area contributed by atoms with Crippen LogP contribution in [0.1, 0.15) is 11.3 Å². The normalized spacial score (nSPS) is 10.4. The van der Waals surface area contributed by atoms with Gasteiger partial charge in [0.2, 0.25) is 0 Å². The molecule has 0 aliphatic rings. The first kappa shape index (κ1) is 12.8. The summed E-state index contributed by atoms with van der Waals surface area (Å²) < 4.78 is 5.12. The second kappa shape index (κ2) is 5.78. The van der Waals surface area contributed by atoms with Gasteiger partial charge in [-0.05, 0) is 30.5 Å². The zero-order chi connectivity index (χ0) is 13.0. The first-order valence-electron chi connectivity index (χ1n) is 5.77. The quantitative estimate of drug-likeness (QED) is 0.874. The molecule has 96 valence electrons. The van der Waals surface area contributed by atoms with E-state index in [0.29, 0.717) is 10.8 Å². The highest BCUT2D eigenvalue weighted by atomic mass is 35.5. The van der Waals surface area contributed by atoms with Crippen molar-refractivity contribution in [2.45, 2.75) is 12.8 Å². The van der Waals surface area contributed by atoms with Crippen molar-refractivity contribution in [1.82, 2.24) is 9.97 Å². The van der Waals surface area contributed by atoms with Gasteiger partial charge in [-0.1, -0.05) is 17.7 Å². The molecule has 2 aromatic rings. The molecule has 5 heteroatoms. The Bertz CT molecular complexity index is 525. The molecule has 0 saturated carbocycles. The van der Waals surface area contributed by atoms with Crippen LogP contribution in [-0.4, -0.2) is 24.1 Å². The Hall–Kier alpha value is -1.68. The lowest BCUT2D eigenvalue weighted by atomic mass is 10.1. The second-order valence-corrected chi connectivity index (χ2v) is 4.38. The lowest BCUT2D eigenvalue weighted by molar-refractivity contribution is 0.415. The summed E-state index contributed by atoms with van der Waals surface area (Å²) in [4.78, 5) is 7.37. The molecule has 0 amide bonds. The molecule has 4 nitrogen and oxygen atoms in total. The first-order chi connectivity index (χ1) is 8.72. The fourth-order valence-corrected chi connectivity index (χ4v) is 2.04. The van der Waals surface area contributed by atoms with Crippen molar-refractivity contribution in [3.05, 3.63) is 40.7 Å². The molecule has 18 heavy (non-hydrogen) atoms. The molecule has 0 saturated heterocycles. The Labute approximate surface area is 111 Å². The van der Waals surface area contributed by atoms with Crippen molar-refractivity contribution in [3.8, 4) is 5.75 Å². The molecule has 0 atom stereocenters. The lowest BCUT2D eigenvalue weighted by Gasteiger charge is -2.05. The molecule has 0 radical (unpaired) electrons. The van der Waals surface area contributed by atoms with Gasteiger partial charge in [-0.15, -0.1) is 0 Å². The molecule has 2 N–H and O–H groups in total. The van der Waals surface area contributed by atoms with Crippen LogP contribution in [-0.2, 0) is 12.8 Å². The number of H-pyrrole nitrogens is 1. The fourth-order valence-electron chi connectivity index (χ4n) is 1.76. The number of ether oxygens (including phenoxy) is 1. The maximum Gasteiger partial charge on any atom is 0.200 e. The van der Waals surface area contributed by atoms with Gasteiger partial charge in [-0.3, -0.25) is 0 Å². The van der Waals surface area contributed by atoms with Crippen LogP contribution in [0, 0.1) is 0 Å². The van der Waals surface area contributed by atoms with Crippen LogP contribution in [0.4, 0.5) is 5.95 Å². The summed E-state index contributed by atoms with van der Waals surface area (Å²) in [5, 5.41) is 3.61. The van der Waals surface area contributed by atoms with Crippen molar-refractivity contribution in [2.24, 2.45) is 0 Å². The summed E-state index contributed by atoms with van der Waals surface area (Å²) in [6, 6.07) is 5.86. The minimum atomic E-state index is 0.649. The number of aromatic amines is 1. The molecule has 0 aliphatic carbocycles. The number of rotatable bonds is 5. The number of nitrogens with one attached hydrogen (secondary N) is 2. The van der Waals surface area contributed by atoms with E-state index in [-0.39, 0.29) is 0 Å². The number of methoxy groups -OCH3 is 1. The smallest absolute Gasteiger partial charge is 0.200 e. The number of aryl methyl sites for hydroxylation is 2. The van der Waals surface area contributed by atoms with Gasteiger partial charge in [0, 0.05) is 12.7 Å². The van der Waals surface area contributed by atoms with E-state index in [1.165, 1.54) is 5.56 Å². The predicted molar refractivity (Wildman–Crippen MR) is 73.5 cm³/mol. The highest BCUT2D eigenvalue weighted by molar-refractivity contribution is 6.32. The molecule has 2 rings (SSSR count). The first-order valence-corrected chi connectivity index (χ1v) is 6.14. The van der Waals surface area contributed by atoms with E-state index in [1.807, 2.05) is 31.4 Å². The number of hydrogen-bond donors (Lipinski definition) is 2. The van der Waals surface area contributed by atoms with Gasteiger partial charge in [0.25, 0.3) is 0 Å².